The van der Waals surface area contributed by atoms with Crippen molar-refractivity contribution in [3.05, 3.63) is 40.4 Å². The highest BCUT2D eigenvalue weighted by molar-refractivity contribution is 7.91. The van der Waals surface area contributed by atoms with E-state index in [-0.39, 0.29) is 36.4 Å². The van der Waals surface area contributed by atoms with E-state index in [1.807, 2.05) is 17.5 Å². The van der Waals surface area contributed by atoms with Gasteiger partial charge in [-0.2, -0.15) is 0 Å². The van der Waals surface area contributed by atoms with E-state index in [2.05, 4.69) is 4.98 Å². The Kier molecular flexibility index (Phi) is 5.22. The zero-order valence-electron chi connectivity index (χ0n) is 12.8. The summed E-state index contributed by atoms with van der Waals surface area (Å²) in [6, 6.07) is 7.37. The monoisotopic (exact) mass is 385 g/mol. The number of rotatable bonds is 5. The van der Waals surface area contributed by atoms with Crippen LogP contribution >= 0.6 is 22.9 Å². The normalized spacial score (nSPS) is 19.3. The van der Waals surface area contributed by atoms with Gasteiger partial charge in [-0.1, -0.05) is 23.7 Å². The number of ether oxygens (including phenoxy) is 1. The second-order valence-corrected chi connectivity index (χ2v) is 9.31. The molecule has 0 saturated carbocycles. The van der Waals surface area contributed by atoms with Gasteiger partial charge in [-0.3, -0.25) is 4.79 Å². The molecule has 1 aromatic heterocycles. The quantitative estimate of drug-likeness (QED) is 0.738. The molecule has 2 aromatic rings. The van der Waals surface area contributed by atoms with E-state index in [1.165, 1.54) is 11.3 Å². The molecule has 1 aliphatic heterocycles. The van der Waals surface area contributed by atoms with Gasteiger partial charge in [-0.05, 0) is 24.5 Å². The van der Waals surface area contributed by atoms with Gasteiger partial charge in [0.15, 0.2) is 9.84 Å². The minimum atomic E-state index is -2.97. The van der Waals surface area contributed by atoms with Gasteiger partial charge < -0.3 is 4.74 Å². The molecular formula is C16H16ClNO4S2. The van der Waals surface area contributed by atoms with Gasteiger partial charge >= 0.3 is 5.97 Å². The van der Waals surface area contributed by atoms with Gasteiger partial charge in [0.1, 0.15) is 11.6 Å². The van der Waals surface area contributed by atoms with Crippen molar-refractivity contribution >= 4 is 38.7 Å². The van der Waals surface area contributed by atoms with Crippen LogP contribution in [0.2, 0.25) is 5.02 Å². The Morgan fingerprint density at radius 3 is 2.75 bits per heavy atom. The first-order chi connectivity index (χ1) is 11.4. The Hall–Kier alpha value is -1.44. The summed E-state index contributed by atoms with van der Waals surface area (Å²) in [6.45, 7) is 0.0996. The molecule has 0 N–H and O–H groups in total. The minimum Gasteiger partial charge on any atom is -0.459 e. The van der Waals surface area contributed by atoms with Crippen LogP contribution in [-0.4, -0.2) is 30.9 Å². The number of sulfone groups is 1. The maximum atomic E-state index is 11.8. The van der Waals surface area contributed by atoms with E-state index < -0.39 is 9.84 Å². The summed E-state index contributed by atoms with van der Waals surface area (Å²) in [7, 11) is -2.97. The highest BCUT2D eigenvalue weighted by atomic mass is 35.5. The molecule has 1 fully saturated rings. The van der Waals surface area contributed by atoms with Gasteiger partial charge in [0.2, 0.25) is 0 Å². The van der Waals surface area contributed by atoms with Crippen LogP contribution in [0.4, 0.5) is 0 Å². The third-order valence-corrected chi connectivity index (χ3v) is 6.84. The summed E-state index contributed by atoms with van der Waals surface area (Å²) >= 11 is 7.33. The first kappa shape index (κ1) is 17.4. The Balaban J connectivity index is 1.52. The molecule has 1 saturated heterocycles. The Morgan fingerprint density at radius 2 is 2.08 bits per heavy atom. The summed E-state index contributed by atoms with van der Waals surface area (Å²) < 4.78 is 28.0. The predicted molar refractivity (Wildman–Crippen MR) is 93.7 cm³/mol. The number of halogens is 1. The first-order valence-electron chi connectivity index (χ1n) is 7.48. The maximum absolute atomic E-state index is 11.8. The number of esters is 1. The second-order valence-electron chi connectivity index (χ2n) is 5.78. The molecule has 2 heterocycles. The van der Waals surface area contributed by atoms with Crippen LogP contribution in [0.25, 0.3) is 10.6 Å². The standard InChI is InChI=1S/C16H16ClNO4S2/c17-13-3-1-12(2-4-13)16-18-14(9-23-16)8-22-15(19)7-11-5-6-24(20,21)10-11/h1-4,9,11H,5-8,10H2/t11-/m0/s1. The van der Waals surface area contributed by atoms with Crippen molar-refractivity contribution in [3.63, 3.8) is 0 Å². The topological polar surface area (TPSA) is 73.3 Å². The van der Waals surface area contributed by atoms with Gasteiger partial charge in [-0.25, -0.2) is 13.4 Å². The Morgan fingerprint density at radius 1 is 1.33 bits per heavy atom. The number of thiazole rings is 1. The molecule has 1 atom stereocenters. The van der Waals surface area contributed by atoms with Gasteiger partial charge in [-0.15, -0.1) is 11.3 Å². The smallest absolute Gasteiger partial charge is 0.306 e. The average Bonchev–Trinajstić information content (AvgIpc) is 3.12. The van der Waals surface area contributed by atoms with Gasteiger partial charge in [0, 0.05) is 22.4 Å². The molecular weight excluding hydrogens is 370 g/mol. The molecule has 0 spiro atoms. The minimum absolute atomic E-state index is 0.0829. The van der Waals surface area contributed by atoms with Gasteiger partial charge in [0.25, 0.3) is 0 Å². The third-order valence-electron chi connectivity index (χ3n) is 3.81. The lowest BCUT2D eigenvalue weighted by Crippen LogP contribution is -2.13. The van der Waals surface area contributed by atoms with Crippen molar-refractivity contribution in [2.45, 2.75) is 19.4 Å². The van der Waals surface area contributed by atoms with Crippen LogP contribution in [-0.2, 0) is 26.0 Å². The highest BCUT2D eigenvalue weighted by Crippen LogP contribution is 2.26. The van der Waals surface area contributed by atoms with E-state index in [9.17, 15) is 13.2 Å². The van der Waals surface area contributed by atoms with Crippen molar-refractivity contribution in [1.29, 1.82) is 0 Å². The van der Waals surface area contributed by atoms with Crippen molar-refractivity contribution < 1.29 is 17.9 Å². The molecule has 0 aliphatic carbocycles. The molecule has 128 valence electrons. The summed E-state index contributed by atoms with van der Waals surface area (Å²) in [6.07, 6.45) is 0.683. The molecule has 5 nitrogen and oxygen atoms in total. The number of nitrogens with zero attached hydrogens (tertiary/aromatic N) is 1. The predicted octanol–water partition coefficient (Wildman–Crippen LogP) is 3.33. The number of hydrogen-bond donors (Lipinski definition) is 0. The lowest BCUT2D eigenvalue weighted by atomic mass is 10.1. The summed E-state index contributed by atoms with van der Waals surface area (Å²) in [5.74, 6) is -0.248. The van der Waals surface area contributed by atoms with Crippen LogP contribution < -0.4 is 0 Å². The lowest BCUT2D eigenvalue weighted by Gasteiger charge is -2.07. The van der Waals surface area contributed by atoms with E-state index in [1.54, 1.807) is 12.1 Å². The fourth-order valence-electron chi connectivity index (χ4n) is 2.58. The van der Waals surface area contributed by atoms with Crippen molar-refractivity contribution in [2.75, 3.05) is 11.5 Å². The van der Waals surface area contributed by atoms with E-state index in [4.69, 9.17) is 16.3 Å². The number of hydrogen-bond acceptors (Lipinski definition) is 6. The molecule has 0 bridgehead atoms. The van der Waals surface area contributed by atoms with Crippen LogP contribution in [0.5, 0.6) is 0 Å². The first-order valence-corrected chi connectivity index (χ1v) is 10.6. The number of carbonyl (C=O) groups excluding carboxylic acids is 1. The molecule has 0 unspecified atom stereocenters. The third kappa shape index (κ3) is 4.55. The molecule has 0 radical (unpaired) electrons. The largest absolute Gasteiger partial charge is 0.459 e. The second kappa shape index (κ2) is 7.21. The lowest BCUT2D eigenvalue weighted by molar-refractivity contribution is -0.146. The fraction of sp³-hybridized carbons (Fsp3) is 0.375. The molecule has 8 heteroatoms. The van der Waals surface area contributed by atoms with Crippen molar-refractivity contribution in [3.8, 4) is 10.6 Å². The van der Waals surface area contributed by atoms with Crippen LogP contribution in [0.15, 0.2) is 29.6 Å². The van der Waals surface area contributed by atoms with Crippen molar-refractivity contribution in [1.82, 2.24) is 4.98 Å². The van der Waals surface area contributed by atoms with Crippen molar-refractivity contribution in [2.24, 2.45) is 5.92 Å². The average molecular weight is 386 g/mol. The zero-order chi connectivity index (χ0) is 17.2. The van der Waals surface area contributed by atoms with E-state index >= 15 is 0 Å². The number of benzene rings is 1. The molecule has 0 amide bonds. The Labute approximate surface area is 149 Å². The molecule has 1 aromatic carbocycles. The summed E-state index contributed by atoms with van der Waals surface area (Å²) in [5, 5.41) is 3.34. The van der Waals surface area contributed by atoms with E-state index in [0.717, 1.165) is 10.6 Å². The van der Waals surface area contributed by atoms with Crippen LogP contribution in [0.3, 0.4) is 0 Å². The molecule has 1 aliphatic rings. The molecule has 3 rings (SSSR count). The van der Waals surface area contributed by atoms with Gasteiger partial charge in [0.05, 0.1) is 17.2 Å². The Bertz CT molecular complexity index is 830. The maximum Gasteiger partial charge on any atom is 0.306 e. The summed E-state index contributed by atoms with van der Waals surface area (Å²) in [4.78, 5) is 16.3. The zero-order valence-corrected chi connectivity index (χ0v) is 15.2. The van der Waals surface area contributed by atoms with Crippen LogP contribution in [0.1, 0.15) is 18.5 Å². The van der Waals surface area contributed by atoms with E-state index in [0.29, 0.717) is 17.1 Å². The molecule has 24 heavy (non-hydrogen) atoms. The summed E-state index contributed by atoms with van der Waals surface area (Å²) in [5.41, 5.74) is 1.63. The fourth-order valence-corrected chi connectivity index (χ4v) is 5.38. The number of aromatic nitrogens is 1. The highest BCUT2D eigenvalue weighted by Gasteiger charge is 2.29. The van der Waals surface area contributed by atoms with Crippen LogP contribution in [0, 0.1) is 5.92 Å². The number of carbonyl (C=O) groups is 1. The SMILES string of the molecule is O=C(C[C@@H]1CCS(=O)(=O)C1)OCc1csc(-c2ccc(Cl)cc2)n1.